The van der Waals surface area contributed by atoms with Gasteiger partial charge in [-0.15, -0.1) is 0 Å². The van der Waals surface area contributed by atoms with E-state index in [0.29, 0.717) is 0 Å². The van der Waals surface area contributed by atoms with Gasteiger partial charge in [-0.2, -0.15) is 0 Å². The fourth-order valence-corrected chi connectivity index (χ4v) is 5.52. The minimum atomic E-state index is -0.201. The Labute approximate surface area is 189 Å². The van der Waals surface area contributed by atoms with Gasteiger partial charge in [0.1, 0.15) is 28.9 Å². The molecule has 4 atom stereocenters. The second-order valence-electron chi connectivity index (χ2n) is 8.74. The Hall–Kier alpha value is -2.09. The summed E-state index contributed by atoms with van der Waals surface area (Å²) in [5.41, 5.74) is 0.773. The standard InChI is InChI=1S/C23H31ClN6O/c1-28-12-14-29(15-13-28)20-10-4-9-19-27-22(23(24)30(19)20)17-7-3-6-16(26-17)21-18(31-2)8-5-11-25-21/h4-5,8-11,16-17,22-23,26H,3,6-7,12-15H2,1-2H3/t16-,17+,22?,23?/m0/s1. The molecule has 8 heteroatoms. The molecule has 31 heavy (non-hydrogen) atoms. The van der Waals surface area contributed by atoms with Gasteiger partial charge in [-0.05, 0) is 50.6 Å². The Morgan fingerprint density at radius 3 is 2.84 bits per heavy atom. The molecule has 2 fully saturated rings. The zero-order valence-electron chi connectivity index (χ0n) is 18.2. The maximum absolute atomic E-state index is 7.10. The molecule has 2 saturated heterocycles. The van der Waals surface area contributed by atoms with Crippen LogP contribution < -0.4 is 10.1 Å². The monoisotopic (exact) mass is 442 g/mol. The van der Waals surface area contributed by atoms with Crippen molar-refractivity contribution in [3.8, 4) is 5.75 Å². The molecule has 166 valence electrons. The van der Waals surface area contributed by atoms with E-state index in [1.165, 1.54) is 5.82 Å². The Balaban J connectivity index is 1.33. The highest BCUT2D eigenvalue weighted by molar-refractivity contribution is 6.23. The molecule has 0 amide bonds. The maximum atomic E-state index is 7.10. The molecule has 4 aliphatic rings. The quantitative estimate of drug-likeness (QED) is 0.571. The van der Waals surface area contributed by atoms with Crippen molar-refractivity contribution in [1.82, 2.24) is 25.0 Å². The van der Waals surface area contributed by atoms with E-state index in [0.717, 1.165) is 62.7 Å². The van der Waals surface area contributed by atoms with Gasteiger partial charge >= 0.3 is 0 Å². The van der Waals surface area contributed by atoms with Gasteiger partial charge < -0.3 is 19.9 Å². The van der Waals surface area contributed by atoms with E-state index in [-0.39, 0.29) is 23.6 Å². The summed E-state index contributed by atoms with van der Waals surface area (Å²) in [5, 5.41) is 3.80. The molecule has 5 heterocycles. The fraction of sp³-hybridized carbons (Fsp3) is 0.565. The second-order valence-corrected chi connectivity index (χ2v) is 9.19. The summed E-state index contributed by atoms with van der Waals surface area (Å²) < 4.78 is 5.56. The van der Waals surface area contributed by atoms with Crippen LogP contribution in [0.5, 0.6) is 5.75 Å². The smallest absolute Gasteiger partial charge is 0.141 e. The van der Waals surface area contributed by atoms with E-state index in [4.69, 9.17) is 21.3 Å². The third-order valence-corrected chi connectivity index (χ3v) is 7.26. The molecule has 2 unspecified atom stereocenters. The van der Waals surface area contributed by atoms with Crippen LogP contribution in [0.25, 0.3) is 0 Å². The third-order valence-electron chi connectivity index (χ3n) is 6.81. The largest absolute Gasteiger partial charge is 0.495 e. The first-order chi connectivity index (χ1) is 15.2. The highest BCUT2D eigenvalue weighted by atomic mass is 35.5. The number of ether oxygens (including phenoxy) is 1. The van der Waals surface area contributed by atoms with Gasteiger partial charge in [-0.25, -0.2) is 0 Å². The molecule has 0 radical (unpaired) electrons. The van der Waals surface area contributed by atoms with E-state index < -0.39 is 0 Å². The molecule has 5 rings (SSSR count). The summed E-state index contributed by atoms with van der Waals surface area (Å²) in [4.78, 5) is 16.7. The molecule has 0 bridgehead atoms. The van der Waals surface area contributed by atoms with Crippen molar-refractivity contribution in [3.63, 3.8) is 0 Å². The summed E-state index contributed by atoms with van der Waals surface area (Å²) in [5.74, 6) is 2.98. The molecular formula is C23H31ClN6O. The van der Waals surface area contributed by atoms with Crippen molar-refractivity contribution in [1.29, 1.82) is 0 Å². The summed E-state index contributed by atoms with van der Waals surface area (Å²) >= 11 is 7.10. The Morgan fingerprint density at radius 1 is 1.19 bits per heavy atom. The van der Waals surface area contributed by atoms with Crippen LogP contribution in [0, 0.1) is 0 Å². The lowest BCUT2D eigenvalue weighted by molar-refractivity contribution is 0.154. The van der Waals surface area contributed by atoms with Gasteiger partial charge in [0.05, 0.1) is 18.8 Å². The molecule has 1 aromatic heterocycles. The summed E-state index contributed by atoms with van der Waals surface area (Å²) in [6.07, 6.45) is 11.4. The molecule has 0 aliphatic carbocycles. The number of aromatic nitrogens is 1. The molecule has 1 N–H and O–H groups in total. The van der Waals surface area contributed by atoms with Gasteiger partial charge in [0.25, 0.3) is 0 Å². The number of fused-ring (bicyclic) bond motifs is 1. The van der Waals surface area contributed by atoms with Crippen molar-refractivity contribution in [2.24, 2.45) is 4.99 Å². The van der Waals surface area contributed by atoms with E-state index in [9.17, 15) is 0 Å². The van der Waals surface area contributed by atoms with Gasteiger partial charge in [0.2, 0.25) is 0 Å². The number of piperidine rings is 1. The topological polar surface area (TPSA) is 56.2 Å². The zero-order valence-corrected chi connectivity index (χ0v) is 19.0. The number of likely N-dealkylation sites (N-methyl/N-ethyl adjacent to an activating group) is 1. The van der Waals surface area contributed by atoms with Crippen molar-refractivity contribution >= 4 is 17.4 Å². The second kappa shape index (κ2) is 8.81. The lowest BCUT2D eigenvalue weighted by Gasteiger charge is -2.42. The number of nitrogens with one attached hydrogen (secondary N) is 1. The van der Waals surface area contributed by atoms with E-state index in [1.54, 1.807) is 7.11 Å². The van der Waals surface area contributed by atoms with Crippen molar-refractivity contribution in [3.05, 3.63) is 48.1 Å². The van der Waals surface area contributed by atoms with Crippen molar-refractivity contribution < 1.29 is 4.74 Å². The summed E-state index contributed by atoms with van der Waals surface area (Å²) in [6, 6.07) is 4.24. The lowest BCUT2D eigenvalue weighted by Crippen LogP contribution is -2.52. The normalized spacial score (nSPS) is 31.3. The Kier molecular flexibility index (Phi) is 5.91. The molecule has 0 aromatic carbocycles. The van der Waals surface area contributed by atoms with Crippen LogP contribution in [-0.2, 0) is 0 Å². The number of pyridine rings is 1. The number of aliphatic imine (C=N–C) groups is 1. The third kappa shape index (κ3) is 3.95. The molecule has 7 nitrogen and oxygen atoms in total. The maximum Gasteiger partial charge on any atom is 0.141 e. The highest BCUT2D eigenvalue weighted by Crippen LogP contribution is 2.37. The lowest BCUT2D eigenvalue weighted by atomic mass is 9.92. The fourth-order valence-electron chi connectivity index (χ4n) is 5.09. The van der Waals surface area contributed by atoms with Crippen LogP contribution in [0.2, 0.25) is 0 Å². The van der Waals surface area contributed by atoms with Crippen LogP contribution in [0.1, 0.15) is 31.0 Å². The van der Waals surface area contributed by atoms with Gasteiger partial charge in [0.15, 0.2) is 0 Å². The first kappa shape index (κ1) is 20.8. The molecule has 4 aliphatic heterocycles. The van der Waals surface area contributed by atoms with Crippen molar-refractivity contribution in [2.75, 3.05) is 40.3 Å². The zero-order chi connectivity index (χ0) is 21.4. The Bertz CT molecular complexity index is 894. The predicted molar refractivity (Wildman–Crippen MR) is 123 cm³/mol. The average molecular weight is 443 g/mol. The Morgan fingerprint density at radius 2 is 2.03 bits per heavy atom. The average Bonchev–Trinajstić information content (AvgIpc) is 3.16. The number of amidine groups is 1. The number of rotatable bonds is 4. The number of nitrogens with zero attached hydrogens (tertiary/aromatic N) is 5. The van der Waals surface area contributed by atoms with Gasteiger partial charge in [-0.1, -0.05) is 17.7 Å². The van der Waals surface area contributed by atoms with Crippen LogP contribution in [-0.4, -0.2) is 83.4 Å². The van der Waals surface area contributed by atoms with E-state index in [1.807, 2.05) is 18.3 Å². The summed E-state index contributed by atoms with van der Waals surface area (Å²) in [7, 11) is 3.88. The van der Waals surface area contributed by atoms with Crippen molar-refractivity contribution in [2.45, 2.75) is 42.9 Å². The first-order valence-electron chi connectivity index (χ1n) is 11.2. The predicted octanol–water partition coefficient (Wildman–Crippen LogP) is 2.58. The van der Waals surface area contributed by atoms with E-state index in [2.05, 4.69) is 50.3 Å². The van der Waals surface area contributed by atoms with Crippen LogP contribution >= 0.6 is 11.6 Å². The van der Waals surface area contributed by atoms with Crippen LogP contribution in [0.3, 0.4) is 0 Å². The van der Waals surface area contributed by atoms with Gasteiger partial charge in [0, 0.05) is 38.4 Å². The number of hydrogen-bond donors (Lipinski definition) is 1. The highest BCUT2D eigenvalue weighted by Gasteiger charge is 2.43. The van der Waals surface area contributed by atoms with E-state index >= 15 is 0 Å². The minimum Gasteiger partial charge on any atom is -0.495 e. The number of alkyl halides is 1. The first-order valence-corrected chi connectivity index (χ1v) is 11.7. The molecule has 1 aromatic rings. The van der Waals surface area contributed by atoms with Crippen LogP contribution in [0.15, 0.2) is 47.4 Å². The molecular weight excluding hydrogens is 412 g/mol. The number of allylic oxidation sites excluding steroid dienone is 2. The minimum absolute atomic E-state index is 0.00668. The summed E-state index contributed by atoms with van der Waals surface area (Å²) in [6.45, 7) is 4.15. The number of halogens is 1. The van der Waals surface area contributed by atoms with Crippen LogP contribution in [0.4, 0.5) is 0 Å². The molecule has 0 spiro atoms. The number of methoxy groups -OCH3 is 1. The molecule has 0 saturated carbocycles. The number of piperazine rings is 1. The SMILES string of the molecule is COc1cccnc1[C@@H]1CCC[C@H](C2N=C3C=CC=C(N4CCN(C)CC4)N3C2Cl)N1. The number of hydrogen-bond acceptors (Lipinski definition) is 7. The van der Waals surface area contributed by atoms with Gasteiger partial charge in [-0.3, -0.25) is 14.9 Å².